The van der Waals surface area contributed by atoms with E-state index in [0.717, 1.165) is 18.4 Å². The molecule has 0 aliphatic rings. The lowest BCUT2D eigenvalue weighted by molar-refractivity contribution is -0.176. The first kappa shape index (κ1) is 33.5. The van der Waals surface area contributed by atoms with E-state index in [1.807, 2.05) is 49.4 Å². The Kier molecular flexibility index (Phi) is 13.3. The first-order valence-electron chi connectivity index (χ1n) is 14.2. The molecule has 4 atom stereocenters. The van der Waals surface area contributed by atoms with Crippen molar-refractivity contribution in [1.82, 2.24) is 0 Å². The molecule has 0 unspecified atom stereocenters. The van der Waals surface area contributed by atoms with Gasteiger partial charge in [0.1, 0.15) is 6.10 Å². The highest BCUT2D eigenvalue weighted by molar-refractivity contribution is 6.74. The van der Waals surface area contributed by atoms with E-state index >= 15 is 0 Å². The van der Waals surface area contributed by atoms with E-state index in [9.17, 15) is 9.59 Å². The molecule has 0 aliphatic carbocycles. The second-order valence-corrected chi connectivity index (χ2v) is 16.6. The molecule has 2 aromatic rings. The summed E-state index contributed by atoms with van der Waals surface area (Å²) in [6.07, 6.45) is 4.47. The summed E-state index contributed by atoms with van der Waals surface area (Å²) >= 11 is 0. The van der Waals surface area contributed by atoms with Crippen LogP contribution in [0.25, 0.3) is 0 Å². The first-order chi connectivity index (χ1) is 18.8. The van der Waals surface area contributed by atoms with Gasteiger partial charge in [-0.1, -0.05) is 93.6 Å². The minimum atomic E-state index is -1.81. The lowest BCUT2D eigenvalue weighted by Gasteiger charge is -2.38. The summed E-state index contributed by atoms with van der Waals surface area (Å²) in [7, 11) is -1.81. The molecule has 0 aromatic heterocycles. The van der Waals surface area contributed by atoms with Crippen molar-refractivity contribution in [2.75, 3.05) is 0 Å². The molecule has 0 amide bonds. The fourth-order valence-electron chi connectivity index (χ4n) is 3.92. The maximum Gasteiger partial charge on any atom is 0.352 e. The zero-order valence-corrected chi connectivity index (χ0v) is 26.5. The minimum absolute atomic E-state index is 0.169. The van der Waals surface area contributed by atoms with Crippen molar-refractivity contribution in [3.05, 3.63) is 83.9 Å². The van der Waals surface area contributed by atoms with Gasteiger partial charge in [-0.15, -0.1) is 0 Å². The van der Waals surface area contributed by atoms with E-state index in [4.69, 9.17) is 18.6 Å². The maximum atomic E-state index is 13.3. The van der Waals surface area contributed by atoms with E-state index in [1.54, 1.807) is 24.3 Å². The number of benzene rings is 2. The Morgan fingerprint density at radius 1 is 0.900 bits per heavy atom. The lowest BCUT2D eigenvalue weighted by Crippen LogP contribution is -2.43. The highest BCUT2D eigenvalue weighted by Gasteiger charge is 2.38. The third-order valence-electron chi connectivity index (χ3n) is 7.32. The van der Waals surface area contributed by atoms with Gasteiger partial charge >= 0.3 is 11.9 Å². The van der Waals surface area contributed by atoms with Crippen molar-refractivity contribution in [1.29, 1.82) is 0 Å². The van der Waals surface area contributed by atoms with E-state index in [-0.39, 0.29) is 17.2 Å². The molecule has 0 radical (unpaired) electrons. The monoisotopic (exact) mass is 568 g/mol. The van der Waals surface area contributed by atoms with Gasteiger partial charge in [-0.3, -0.25) is 4.79 Å². The summed E-state index contributed by atoms with van der Waals surface area (Å²) in [6.45, 7) is 17.0. The Morgan fingerprint density at radius 2 is 1.50 bits per heavy atom. The number of ether oxygens (including phenoxy) is 3. The van der Waals surface area contributed by atoms with Gasteiger partial charge in [-0.05, 0) is 50.4 Å². The van der Waals surface area contributed by atoms with Crippen molar-refractivity contribution in [2.45, 2.75) is 110 Å². The van der Waals surface area contributed by atoms with Crippen LogP contribution in [0.15, 0.2) is 72.8 Å². The van der Waals surface area contributed by atoms with Crippen LogP contribution in [-0.4, -0.2) is 38.6 Å². The lowest BCUT2D eigenvalue weighted by atomic mass is 10.1. The molecule has 0 bridgehead atoms. The zero-order valence-electron chi connectivity index (χ0n) is 25.5. The molecule has 0 aliphatic heterocycles. The quantitative estimate of drug-likeness (QED) is 0.123. The number of hydrogen-bond donors (Lipinski definition) is 0. The van der Waals surface area contributed by atoms with E-state index in [1.165, 1.54) is 6.92 Å². The van der Waals surface area contributed by atoms with Gasteiger partial charge in [-0.25, -0.2) is 4.79 Å². The normalized spacial score (nSPS) is 15.3. The SMILES string of the molecule is CC(=O)O[C@H](C(=O)O[C@H](C/C=C\CC[C@@H](C)O[Si](C)(C)C(C)(C)C)[C@@H](C)OCc1ccccc1)c1ccccc1. The van der Waals surface area contributed by atoms with Gasteiger partial charge in [0, 0.05) is 25.0 Å². The molecule has 0 spiro atoms. The van der Waals surface area contributed by atoms with Crippen molar-refractivity contribution in [2.24, 2.45) is 0 Å². The summed E-state index contributed by atoms with van der Waals surface area (Å²) in [6, 6.07) is 18.8. The predicted octanol–water partition coefficient (Wildman–Crippen LogP) is 7.94. The van der Waals surface area contributed by atoms with Crippen LogP contribution in [0.4, 0.5) is 0 Å². The van der Waals surface area contributed by atoms with E-state index in [0.29, 0.717) is 18.6 Å². The number of carbonyl (C=O) groups excluding carboxylic acids is 2. The number of esters is 2. The second-order valence-electron chi connectivity index (χ2n) is 11.9. The van der Waals surface area contributed by atoms with Crippen LogP contribution in [0.5, 0.6) is 0 Å². The highest BCUT2D eigenvalue weighted by Crippen LogP contribution is 2.37. The standard InChI is InChI=1S/C33H48O6Si/c1-25(39-40(7,8)33(4,5)6)18-12-9-17-23-30(26(2)36-24-28-19-13-10-14-20-28)38-32(35)31(37-27(3)34)29-21-15-11-16-22-29/h9-11,13-17,19-22,25-26,30-31H,12,18,23-24H2,1-8H3/b17-9-/t25-,26-,30-,31+/m1/s1. The van der Waals surface area contributed by atoms with E-state index < -0.39 is 32.5 Å². The van der Waals surface area contributed by atoms with Crippen LogP contribution in [0.1, 0.15) is 78.0 Å². The van der Waals surface area contributed by atoms with E-state index in [2.05, 4.69) is 46.9 Å². The zero-order chi connectivity index (χ0) is 29.8. The van der Waals surface area contributed by atoms with Crippen LogP contribution in [0.2, 0.25) is 18.1 Å². The highest BCUT2D eigenvalue weighted by atomic mass is 28.4. The Bertz CT molecular complexity index is 1060. The molecule has 0 fully saturated rings. The summed E-state index contributed by atoms with van der Waals surface area (Å²) < 4.78 is 23.9. The molecule has 40 heavy (non-hydrogen) atoms. The molecule has 6 nitrogen and oxygen atoms in total. The van der Waals surface area contributed by atoms with Crippen molar-refractivity contribution < 1.29 is 28.2 Å². The van der Waals surface area contributed by atoms with Gasteiger partial charge in [0.2, 0.25) is 6.10 Å². The molecule has 220 valence electrons. The molecule has 0 heterocycles. The number of rotatable bonds is 15. The Morgan fingerprint density at radius 3 is 2.08 bits per heavy atom. The van der Waals surface area contributed by atoms with Crippen LogP contribution in [0, 0.1) is 0 Å². The molecular formula is C33H48O6Si. The molecule has 0 N–H and O–H groups in total. The first-order valence-corrected chi connectivity index (χ1v) is 17.1. The third-order valence-corrected chi connectivity index (χ3v) is 11.9. The number of hydrogen-bond acceptors (Lipinski definition) is 6. The Hall–Kier alpha value is -2.74. The van der Waals surface area contributed by atoms with Gasteiger partial charge < -0.3 is 18.6 Å². The largest absolute Gasteiger partial charge is 0.456 e. The average molecular weight is 569 g/mol. The van der Waals surface area contributed by atoms with Crippen LogP contribution in [0.3, 0.4) is 0 Å². The fraction of sp³-hybridized carbons (Fsp3) is 0.515. The smallest absolute Gasteiger partial charge is 0.352 e. The number of allylic oxidation sites excluding steroid dienone is 1. The maximum absolute atomic E-state index is 13.3. The molecule has 2 aromatic carbocycles. The Labute approximate surface area is 242 Å². The van der Waals surface area contributed by atoms with Crippen molar-refractivity contribution in [3.63, 3.8) is 0 Å². The van der Waals surface area contributed by atoms with Gasteiger partial charge in [-0.2, -0.15) is 0 Å². The van der Waals surface area contributed by atoms with Crippen LogP contribution < -0.4 is 0 Å². The predicted molar refractivity (Wildman–Crippen MR) is 162 cm³/mol. The summed E-state index contributed by atoms with van der Waals surface area (Å²) in [5, 5.41) is 0.174. The average Bonchev–Trinajstić information content (AvgIpc) is 2.89. The molecule has 0 saturated carbocycles. The second kappa shape index (κ2) is 15.9. The molecular weight excluding hydrogens is 520 g/mol. The molecule has 2 rings (SSSR count). The van der Waals surface area contributed by atoms with Gasteiger partial charge in [0.05, 0.1) is 12.7 Å². The van der Waals surface area contributed by atoms with Gasteiger partial charge in [0.15, 0.2) is 8.32 Å². The van der Waals surface area contributed by atoms with Crippen LogP contribution in [-0.2, 0) is 34.8 Å². The summed E-state index contributed by atoms with van der Waals surface area (Å²) in [4.78, 5) is 25.0. The Balaban J connectivity index is 2.06. The summed E-state index contributed by atoms with van der Waals surface area (Å²) in [5.41, 5.74) is 1.60. The van der Waals surface area contributed by atoms with Crippen molar-refractivity contribution in [3.8, 4) is 0 Å². The van der Waals surface area contributed by atoms with Crippen molar-refractivity contribution >= 4 is 20.3 Å². The summed E-state index contributed by atoms with van der Waals surface area (Å²) in [5.74, 6) is -1.17. The molecule has 0 saturated heterocycles. The third kappa shape index (κ3) is 11.4. The van der Waals surface area contributed by atoms with Gasteiger partial charge in [0.25, 0.3) is 0 Å². The fourth-order valence-corrected chi connectivity index (χ4v) is 5.40. The number of carbonyl (C=O) groups is 2. The molecule has 7 heteroatoms. The van der Waals surface area contributed by atoms with Crippen LogP contribution >= 0.6 is 0 Å². The minimum Gasteiger partial charge on any atom is -0.456 e. The topological polar surface area (TPSA) is 71.1 Å².